The number of nitrogens with zero attached hydrogens (tertiary/aromatic N) is 1. The maximum absolute atomic E-state index is 13.3. The van der Waals surface area contributed by atoms with Crippen LogP contribution in [-0.4, -0.2) is 36.5 Å². The van der Waals surface area contributed by atoms with Crippen LogP contribution >= 0.6 is 0 Å². The molecule has 1 aliphatic heterocycles. The van der Waals surface area contributed by atoms with Crippen molar-refractivity contribution in [2.24, 2.45) is 0 Å². The lowest BCUT2D eigenvalue weighted by Crippen LogP contribution is -2.47. The predicted molar refractivity (Wildman–Crippen MR) is 108 cm³/mol. The Morgan fingerprint density at radius 3 is 2.43 bits per heavy atom. The highest BCUT2D eigenvalue weighted by Crippen LogP contribution is 2.34. The van der Waals surface area contributed by atoms with Crippen molar-refractivity contribution in [2.45, 2.75) is 25.2 Å². The Morgan fingerprint density at radius 1 is 1.13 bits per heavy atom. The lowest BCUT2D eigenvalue weighted by molar-refractivity contribution is -0.384. The predicted octanol–water partition coefficient (Wildman–Crippen LogP) is 2.85. The Labute approximate surface area is 172 Å². The van der Waals surface area contributed by atoms with E-state index >= 15 is 0 Å². The zero-order chi connectivity index (χ0) is 21.7. The molecule has 0 saturated carbocycles. The lowest BCUT2D eigenvalue weighted by atomic mass is 9.74. The summed E-state index contributed by atoms with van der Waals surface area (Å²) in [5.41, 5.74) is 0.679. The standard InChI is InChI=1S/C21H22FN3O5/c1-14-2-7-17(18(12-14)25(28)29)24-20(27)19(26)23-13-21(8-10-30-11-9-21)15-3-5-16(22)6-4-15/h2-7,12H,8-11,13H2,1H3,(H,23,26)(H,24,27). The molecule has 1 saturated heterocycles. The van der Waals surface area contributed by atoms with E-state index in [1.54, 1.807) is 25.1 Å². The lowest BCUT2D eigenvalue weighted by Gasteiger charge is -2.37. The molecule has 0 atom stereocenters. The van der Waals surface area contributed by atoms with Crippen LogP contribution in [0.5, 0.6) is 0 Å². The number of carbonyl (C=O) groups is 2. The smallest absolute Gasteiger partial charge is 0.313 e. The maximum atomic E-state index is 13.3. The molecule has 1 fully saturated rings. The van der Waals surface area contributed by atoms with Crippen molar-refractivity contribution < 1.29 is 23.6 Å². The third-order valence-corrected chi connectivity index (χ3v) is 5.30. The van der Waals surface area contributed by atoms with Crippen LogP contribution in [-0.2, 0) is 19.7 Å². The molecule has 2 N–H and O–H groups in total. The molecule has 8 nitrogen and oxygen atoms in total. The third kappa shape index (κ3) is 4.80. The molecule has 9 heteroatoms. The third-order valence-electron chi connectivity index (χ3n) is 5.30. The molecule has 0 radical (unpaired) electrons. The van der Waals surface area contributed by atoms with E-state index in [1.165, 1.54) is 24.3 Å². The maximum Gasteiger partial charge on any atom is 0.313 e. The van der Waals surface area contributed by atoms with Gasteiger partial charge < -0.3 is 15.4 Å². The monoisotopic (exact) mass is 415 g/mol. The van der Waals surface area contributed by atoms with Gasteiger partial charge in [-0.05, 0) is 49.1 Å². The number of rotatable bonds is 5. The summed E-state index contributed by atoms with van der Waals surface area (Å²) in [7, 11) is 0. The van der Waals surface area contributed by atoms with E-state index in [1.807, 2.05) is 0 Å². The first-order valence-corrected chi connectivity index (χ1v) is 9.49. The molecule has 0 bridgehead atoms. The van der Waals surface area contributed by atoms with E-state index in [9.17, 15) is 24.1 Å². The number of amides is 2. The van der Waals surface area contributed by atoms with Crippen molar-refractivity contribution >= 4 is 23.2 Å². The van der Waals surface area contributed by atoms with Crippen molar-refractivity contribution in [3.05, 3.63) is 69.5 Å². The molecule has 2 amide bonds. The quantitative estimate of drug-likeness (QED) is 0.443. The van der Waals surface area contributed by atoms with Crippen molar-refractivity contribution in [3.8, 4) is 0 Å². The fourth-order valence-corrected chi connectivity index (χ4v) is 3.54. The second-order valence-corrected chi connectivity index (χ2v) is 7.31. The Balaban J connectivity index is 1.71. The first-order chi connectivity index (χ1) is 14.3. The summed E-state index contributed by atoms with van der Waals surface area (Å²) < 4.78 is 18.7. The topological polar surface area (TPSA) is 111 Å². The molecular weight excluding hydrogens is 393 g/mol. The molecule has 30 heavy (non-hydrogen) atoms. The van der Waals surface area contributed by atoms with Crippen LogP contribution in [0.15, 0.2) is 42.5 Å². The minimum Gasteiger partial charge on any atom is -0.381 e. The summed E-state index contributed by atoms with van der Waals surface area (Å²) in [5.74, 6) is -2.26. The van der Waals surface area contributed by atoms with Gasteiger partial charge >= 0.3 is 11.8 Å². The van der Waals surface area contributed by atoms with Crippen LogP contribution in [0.4, 0.5) is 15.8 Å². The van der Waals surface area contributed by atoms with Gasteiger partial charge in [-0.1, -0.05) is 18.2 Å². The highest BCUT2D eigenvalue weighted by molar-refractivity contribution is 6.39. The van der Waals surface area contributed by atoms with Gasteiger partial charge in [-0.2, -0.15) is 0 Å². The summed E-state index contributed by atoms with van der Waals surface area (Å²) in [6.45, 7) is 2.81. The van der Waals surface area contributed by atoms with Crippen molar-refractivity contribution in [2.75, 3.05) is 25.1 Å². The van der Waals surface area contributed by atoms with Gasteiger partial charge in [0.1, 0.15) is 11.5 Å². The molecule has 2 aromatic rings. The number of nitrogens with one attached hydrogen (secondary N) is 2. The van der Waals surface area contributed by atoms with Crippen LogP contribution in [0, 0.1) is 22.9 Å². The molecule has 158 valence electrons. The van der Waals surface area contributed by atoms with E-state index in [4.69, 9.17) is 4.74 Å². The van der Waals surface area contributed by atoms with Crippen LogP contribution in [0.25, 0.3) is 0 Å². The zero-order valence-corrected chi connectivity index (χ0v) is 16.4. The van der Waals surface area contributed by atoms with Gasteiger partial charge in [-0.15, -0.1) is 0 Å². The fourth-order valence-electron chi connectivity index (χ4n) is 3.54. The summed E-state index contributed by atoms with van der Waals surface area (Å²) >= 11 is 0. The second kappa shape index (κ2) is 9.00. The fraction of sp³-hybridized carbons (Fsp3) is 0.333. The van der Waals surface area contributed by atoms with Crippen molar-refractivity contribution in [3.63, 3.8) is 0 Å². The molecule has 0 unspecified atom stereocenters. The van der Waals surface area contributed by atoms with Crippen LogP contribution in [0.2, 0.25) is 0 Å². The number of anilines is 1. The normalized spacial score (nSPS) is 15.3. The summed E-state index contributed by atoms with van der Waals surface area (Å²) in [5, 5.41) is 16.1. The number of aryl methyl sites for hydroxylation is 1. The highest BCUT2D eigenvalue weighted by Gasteiger charge is 2.35. The zero-order valence-electron chi connectivity index (χ0n) is 16.4. The first kappa shape index (κ1) is 21.4. The van der Waals surface area contributed by atoms with Gasteiger partial charge in [0, 0.05) is 31.2 Å². The van der Waals surface area contributed by atoms with Crippen LogP contribution < -0.4 is 10.6 Å². The summed E-state index contributed by atoms with van der Waals surface area (Å²) in [6.07, 6.45) is 1.20. The molecule has 3 rings (SSSR count). The van der Waals surface area contributed by atoms with E-state index in [0.717, 1.165) is 5.56 Å². The number of nitro benzene ring substituents is 1. The van der Waals surface area contributed by atoms with Crippen molar-refractivity contribution in [1.82, 2.24) is 5.32 Å². The van der Waals surface area contributed by atoms with Crippen LogP contribution in [0.1, 0.15) is 24.0 Å². The number of hydrogen-bond acceptors (Lipinski definition) is 5. The SMILES string of the molecule is Cc1ccc(NC(=O)C(=O)NCC2(c3ccc(F)cc3)CCOCC2)c([N+](=O)[O-])c1. The highest BCUT2D eigenvalue weighted by atomic mass is 19.1. The molecule has 0 aromatic heterocycles. The first-order valence-electron chi connectivity index (χ1n) is 9.49. The number of carbonyl (C=O) groups excluding carboxylic acids is 2. The molecular formula is C21H22FN3O5. The Kier molecular flexibility index (Phi) is 6.41. The Hall–Kier alpha value is -3.33. The number of halogens is 1. The number of benzene rings is 2. The molecule has 1 aliphatic rings. The number of ether oxygens (including phenoxy) is 1. The molecule has 0 aliphatic carbocycles. The van der Waals surface area contributed by atoms with Crippen molar-refractivity contribution in [1.29, 1.82) is 0 Å². The van der Waals surface area contributed by atoms with Gasteiger partial charge in [0.25, 0.3) is 5.69 Å². The summed E-state index contributed by atoms with van der Waals surface area (Å²) in [6, 6.07) is 10.4. The van der Waals surface area contributed by atoms with E-state index < -0.39 is 22.2 Å². The van der Waals surface area contributed by atoms with Gasteiger partial charge in [0.15, 0.2) is 0 Å². The minimum atomic E-state index is -0.997. The van der Waals surface area contributed by atoms with Gasteiger partial charge in [0.05, 0.1) is 4.92 Å². The number of nitro groups is 1. The van der Waals surface area contributed by atoms with E-state index in [-0.39, 0.29) is 23.7 Å². The second-order valence-electron chi connectivity index (χ2n) is 7.31. The largest absolute Gasteiger partial charge is 0.381 e. The average Bonchev–Trinajstić information content (AvgIpc) is 2.74. The van der Waals surface area contributed by atoms with E-state index in [0.29, 0.717) is 31.6 Å². The number of hydrogen-bond donors (Lipinski definition) is 2. The van der Waals surface area contributed by atoms with E-state index in [2.05, 4.69) is 10.6 Å². The molecule has 0 spiro atoms. The molecule has 1 heterocycles. The van der Waals surface area contributed by atoms with Gasteiger partial charge in [0.2, 0.25) is 0 Å². The summed E-state index contributed by atoms with van der Waals surface area (Å²) in [4.78, 5) is 35.3. The minimum absolute atomic E-state index is 0.0509. The molecule has 2 aromatic carbocycles. The van der Waals surface area contributed by atoms with Crippen LogP contribution in [0.3, 0.4) is 0 Å². The van der Waals surface area contributed by atoms with Gasteiger partial charge in [-0.3, -0.25) is 19.7 Å². The Morgan fingerprint density at radius 2 is 1.80 bits per heavy atom. The Bertz CT molecular complexity index is 956. The average molecular weight is 415 g/mol. The van der Waals surface area contributed by atoms with Gasteiger partial charge in [-0.25, -0.2) is 4.39 Å².